The Kier molecular flexibility index (Phi) is 12.6. The van der Waals surface area contributed by atoms with Gasteiger partial charge in [0.1, 0.15) is 6.17 Å². The molecule has 50 heavy (non-hydrogen) atoms. The summed E-state index contributed by atoms with van der Waals surface area (Å²) in [5, 5.41) is 6.82. The van der Waals surface area contributed by atoms with Crippen LogP contribution in [-0.2, 0) is 0 Å². The molecule has 0 aliphatic carbocycles. The van der Waals surface area contributed by atoms with E-state index in [9.17, 15) is 4.79 Å². The van der Waals surface area contributed by atoms with Crippen molar-refractivity contribution >= 4 is 35.3 Å². The third-order valence-corrected chi connectivity index (χ3v) is 8.45. The molecule has 4 aromatic carbocycles. The molecule has 10 nitrogen and oxygen atoms in total. The van der Waals surface area contributed by atoms with Crippen LogP contribution in [0.4, 0.5) is 5.69 Å². The smallest absolute Gasteiger partial charge is 0.255 e. The predicted octanol–water partition coefficient (Wildman–Crippen LogP) is 8.43. The zero-order chi connectivity index (χ0) is 35.5. The summed E-state index contributed by atoms with van der Waals surface area (Å²) in [5.41, 5.74) is 3.95. The molecular weight excluding hydrogens is 660 g/mol. The molecule has 0 spiro atoms. The van der Waals surface area contributed by atoms with Gasteiger partial charge >= 0.3 is 0 Å². The van der Waals surface area contributed by atoms with E-state index in [2.05, 4.69) is 10.6 Å². The van der Waals surface area contributed by atoms with E-state index >= 15 is 0 Å². The zero-order valence-corrected chi connectivity index (χ0v) is 29.7. The molecule has 1 aliphatic heterocycles. The number of carbonyl (C=O) groups is 1. The number of benzene rings is 4. The van der Waals surface area contributed by atoms with Gasteiger partial charge < -0.3 is 43.8 Å². The second-order valence-corrected chi connectivity index (χ2v) is 11.9. The first-order valence-electron chi connectivity index (χ1n) is 16.3. The Morgan fingerprint density at radius 3 is 1.88 bits per heavy atom. The minimum absolute atomic E-state index is 0.190. The van der Waals surface area contributed by atoms with Crippen LogP contribution >= 0.6 is 11.6 Å². The molecule has 1 atom stereocenters. The first-order chi connectivity index (χ1) is 24.4. The Labute approximate surface area is 298 Å². The summed E-state index contributed by atoms with van der Waals surface area (Å²) in [6.45, 7) is 1.12. The van der Waals surface area contributed by atoms with Gasteiger partial charge in [0.05, 0.1) is 54.3 Å². The van der Waals surface area contributed by atoms with Crippen LogP contribution in [-0.4, -0.2) is 54.7 Å². The second kappa shape index (κ2) is 17.4. The molecule has 0 fully saturated rings. The Hall–Kier alpha value is -5.22. The van der Waals surface area contributed by atoms with Gasteiger partial charge in [0.2, 0.25) is 5.75 Å². The number of unbranched alkanes of at least 4 members (excludes halogenated alkanes) is 3. The number of hydrogen-bond acceptors (Lipinski definition) is 9. The number of amides is 1. The highest BCUT2D eigenvalue weighted by molar-refractivity contribution is 6.31. The van der Waals surface area contributed by atoms with Crippen molar-refractivity contribution in [2.75, 3.05) is 54.1 Å². The SMILES string of the molecule is COc1cc(C2NC(=O)c3cc(Cl)ccc3N2)ccc1OCCCCCCOc1cc(/C=C/c2cc(OC)c(OC)c(OC)c2)ccc1OC. The second-order valence-electron chi connectivity index (χ2n) is 11.5. The van der Waals surface area contributed by atoms with Crippen LogP contribution in [0.5, 0.6) is 40.2 Å². The van der Waals surface area contributed by atoms with Gasteiger partial charge in [-0.1, -0.05) is 35.9 Å². The van der Waals surface area contributed by atoms with Crippen molar-refractivity contribution < 1.29 is 38.0 Å². The van der Waals surface area contributed by atoms with Gasteiger partial charge in [-0.05, 0) is 97.0 Å². The molecule has 1 unspecified atom stereocenters. The van der Waals surface area contributed by atoms with Gasteiger partial charge in [-0.25, -0.2) is 0 Å². The van der Waals surface area contributed by atoms with Crippen LogP contribution < -0.4 is 43.8 Å². The van der Waals surface area contributed by atoms with E-state index in [0.717, 1.165) is 48.1 Å². The number of carbonyl (C=O) groups excluding carboxylic acids is 1. The number of hydrogen-bond donors (Lipinski definition) is 2. The Balaban J connectivity index is 1.07. The standard InChI is InChI=1S/C39H43ClN2O8/c1-44-31-16-12-25(10-11-26-21-35(46-3)37(48-5)36(22-26)47-4)20-34(31)50-19-9-7-6-8-18-49-32-17-13-27(23-33(32)45-2)38-41-30-15-14-28(40)24-29(30)39(43)42-38/h10-17,20-24,38,41H,6-9,18-19H2,1-5H3,(H,42,43)/b11-10+. The zero-order valence-electron chi connectivity index (χ0n) is 29.0. The van der Waals surface area contributed by atoms with E-state index in [0.29, 0.717) is 64.0 Å². The summed E-state index contributed by atoms with van der Waals surface area (Å²) in [6, 6.07) is 20.5. The van der Waals surface area contributed by atoms with E-state index in [-0.39, 0.29) is 5.91 Å². The van der Waals surface area contributed by atoms with Gasteiger partial charge in [0.15, 0.2) is 34.5 Å². The molecule has 1 heterocycles. The van der Waals surface area contributed by atoms with E-state index < -0.39 is 6.17 Å². The number of anilines is 1. The molecule has 0 radical (unpaired) electrons. The van der Waals surface area contributed by atoms with Crippen molar-refractivity contribution in [2.45, 2.75) is 31.8 Å². The van der Waals surface area contributed by atoms with Crippen molar-refractivity contribution in [1.82, 2.24) is 5.32 Å². The van der Waals surface area contributed by atoms with Gasteiger partial charge in [0.25, 0.3) is 5.91 Å². The fourth-order valence-electron chi connectivity index (χ4n) is 5.60. The average Bonchev–Trinajstić information content (AvgIpc) is 3.14. The molecule has 5 rings (SSSR count). The lowest BCUT2D eigenvalue weighted by Gasteiger charge is -2.28. The molecule has 4 aromatic rings. The van der Waals surface area contributed by atoms with Crippen molar-refractivity contribution in [2.24, 2.45) is 0 Å². The quantitative estimate of drug-likeness (QED) is 0.0829. The molecule has 2 N–H and O–H groups in total. The molecule has 0 saturated heterocycles. The van der Waals surface area contributed by atoms with Gasteiger partial charge in [-0.15, -0.1) is 0 Å². The summed E-state index contributed by atoms with van der Waals surface area (Å²) in [7, 11) is 8.02. The lowest BCUT2D eigenvalue weighted by atomic mass is 10.1. The molecule has 11 heteroatoms. The average molecular weight is 703 g/mol. The maximum atomic E-state index is 12.7. The van der Waals surface area contributed by atoms with Crippen molar-refractivity contribution in [3.8, 4) is 40.2 Å². The summed E-state index contributed by atoms with van der Waals surface area (Å²) in [6.07, 6.45) is 7.31. The third kappa shape index (κ3) is 8.87. The first kappa shape index (κ1) is 36.1. The number of ether oxygens (including phenoxy) is 7. The van der Waals surface area contributed by atoms with Crippen molar-refractivity contribution in [1.29, 1.82) is 0 Å². The summed E-state index contributed by atoms with van der Waals surface area (Å²) in [5.74, 6) is 4.17. The molecule has 264 valence electrons. The fourth-order valence-corrected chi connectivity index (χ4v) is 5.77. The van der Waals surface area contributed by atoms with Crippen LogP contribution in [0.15, 0.2) is 66.7 Å². The molecule has 1 aliphatic rings. The minimum Gasteiger partial charge on any atom is -0.493 e. The Bertz CT molecular complexity index is 1790. The number of halogens is 1. The molecule has 0 aromatic heterocycles. The van der Waals surface area contributed by atoms with E-state index in [1.165, 1.54) is 0 Å². The van der Waals surface area contributed by atoms with Crippen LogP contribution in [0.3, 0.4) is 0 Å². The fraction of sp³-hybridized carbons (Fsp3) is 0.308. The first-order valence-corrected chi connectivity index (χ1v) is 16.7. The summed E-state index contributed by atoms with van der Waals surface area (Å²) >= 11 is 6.06. The number of nitrogens with one attached hydrogen (secondary N) is 2. The number of rotatable bonds is 17. The predicted molar refractivity (Wildman–Crippen MR) is 196 cm³/mol. The monoisotopic (exact) mass is 702 g/mol. The molecule has 1 amide bonds. The number of methoxy groups -OCH3 is 5. The number of fused-ring (bicyclic) bond motifs is 1. The highest BCUT2D eigenvalue weighted by atomic mass is 35.5. The molecule has 0 bridgehead atoms. The van der Waals surface area contributed by atoms with Crippen molar-refractivity contribution in [3.63, 3.8) is 0 Å². The molecule has 0 saturated carbocycles. The van der Waals surface area contributed by atoms with Gasteiger partial charge in [-0.3, -0.25) is 4.79 Å². The molecular formula is C39H43ClN2O8. The normalized spacial score (nSPS) is 13.6. The maximum absolute atomic E-state index is 12.7. The Morgan fingerprint density at radius 1 is 0.600 bits per heavy atom. The summed E-state index contributed by atoms with van der Waals surface area (Å²) < 4.78 is 39.7. The maximum Gasteiger partial charge on any atom is 0.255 e. The van der Waals surface area contributed by atoms with Crippen LogP contribution in [0.25, 0.3) is 12.2 Å². The lowest BCUT2D eigenvalue weighted by Crippen LogP contribution is -2.38. The minimum atomic E-state index is -0.408. The van der Waals surface area contributed by atoms with E-state index in [1.807, 2.05) is 60.7 Å². The van der Waals surface area contributed by atoms with E-state index in [4.69, 9.17) is 44.8 Å². The van der Waals surface area contributed by atoms with Crippen LogP contribution in [0, 0.1) is 0 Å². The Morgan fingerprint density at radius 2 is 1.22 bits per heavy atom. The van der Waals surface area contributed by atoms with Crippen LogP contribution in [0.2, 0.25) is 5.02 Å². The van der Waals surface area contributed by atoms with E-state index in [1.54, 1.807) is 53.7 Å². The highest BCUT2D eigenvalue weighted by Crippen LogP contribution is 2.39. The van der Waals surface area contributed by atoms with Crippen molar-refractivity contribution in [3.05, 3.63) is 94.0 Å². The largest absolute Gasteiger partial charge is 0.493 e. The van der Waals surface area contributed by atoms with Crippen LogP contribution in [0.1, 0.15) is 58.9 Å². The van der Waals surface area contributed by atoms with Gasteiger partial charge in [-0.2, -0.15) is 0 Å². The highest BCUT2D eigenvalue weighted by Gasteiger charge is 2.25. The van der Waals surface area contributed by atoms with Gasteiger partial charge in [0, 0.05) is 10.7 Å². The lowest BCUT2D eigenvalue weighted by molar-refractivity contribution is 0.0935. The topological polar surface area (TPSA) is 106 Å². The third-order valence-electron chi connectivity index (χ3n) is 8.22. The summed E-state index contributed by atoms with van der Waals surface area (Å²) in [4.78, 5) is 12.7.